The Morgan fingerprint density at radius 2 is 1.69 bits per heavy atom. The molecule has 0 aliphatic carbocycles. The zero-order valence-electron chi connectivity index (χ0n) is 21.3. The Bertz CT molecular complexity index is 1270. The van der Waals surface area contributed by atoms with Crippen LogP contribution in [0.3, 0.4) is 0 Å². The second kappa shape index (κ2) is 9.54. The minimum Gasteiger partial charge on any atom is -0.489 e. The Balaban J connectivity index is 1.67. The monoisotopic (exact) mass is 494 g/mol. The number of aliphatic hydroxyl groups is 1. The van der Waals surface area contributed by atoms with Crippen molar-refractivity contribution in [2.24, 2.45) is 5.41 Å². The van der Waals surface area contributed by atoms with Gasteiger partial charge in [-0.3, -0.25) is 4.90 Å². The highest BCUT2D eigenvalue weighted by molar-refractivity contribution is 6.05. The molecule has 2 N–H and O–H groups in total. The van der Waals surface area contributed by atoms with Crippen molar-refractivity contribution in [1.82, 2.24) is 0 Å². The summed E-state index contributed by atoms with van der Waals surface area (Å²) in [6.07, 6.45) is 0.707. The van der Waals surface area contributed by atoms with Gasteiger partial charge in [0.05, 0.1) is 23.4 Å². The second-order valence-corrected chi connectivity index (χ2v) is 11.0. The maximum absolute atomic E-state index is 14.1. The van der Waals surface area contributed by atoms with Crippen LogP contribution < -0.4 is 15.0 Å². The molecule has 0 aromatic heterocycles. The van der Waals surface area contributed by atoms with Gasteiger partial charge in [0.2, 0.25) is 0 Å². The van der Waals surface area contributed by atoms with Crippen LogP contribution in [0.15, 0.2) is 54.6 Å². The normalized spacial score (nSPS) is 13.9. The molecule has 7 heteroatoms. The zero-order chi connectivity index (χ0) is 26.3. The molecule has 190 valence electrons. The maximum atomic E-state index is 14.1. The van der Waals surface area contributed by atoms with Crippen molar-refractivity contribution in [3.05, 3.63) is 88.5 Å². The summed E-state index contributed by atoms with van der Waals surface area (Å²) in [6.45, 7) is 9.80. The lowest BCUT2D eigenvalue weighted by molar-refractivity contribution is 0.0786. The Labute approximate surface area is 210 Å². The van der Waals surface area contributed by atoms with Crippen LogP contribution in [-0.2, 0) is 25.2 Å². The van der Waals surface area contributed by atoms with E-state index < -0.39 is 17.2 Å². The first-order valence-corrected chi connectivity index (χ1v) is 11.9. The quantitative estimate of drug-likeness (QED) is 0.391. The van der Waals surface area contributed by atoms with Gasteiger partial charge in [0.1, 0.15) is 24.0 Å². The predicted octanol–water partition coefficient (Wildman–Crippen LogP) is 6.91. The number of anilines is 2. The first-order valence-electron chi connectivity index (χ1n) is 11.9. The van der Waals surface area contributed by atoms with Gasteiger partial charge in [-0.2, -0.15) is 0 Å². The molecule has 36 heavy (non-hydrogen) atoms. The standard InChI is InChI=1S/C29H32F2N2O3/c1-28(2,3)15-18-10-12-21(36-17-22-23(30)7-6-8-24(22)31)14-26(18)33-16-19-9-11-20(29(4,5)35)13-25(19)32-27(33)34/h6-14,35H,15-17H2,1-5H3,(H,32,34). The van der Waals surface area contributed by atoms with Gasteiger partial charge in [-0.25, -0.2) is 13.6 Å². The largest absolute Gasteiger partial charge is 0.489 e. The van der Waals surface area contributed by atoms with E-state index in [4.69, 9.17) is 4.74 Å². The molecule has 1 aliphatic rings. The topological polar surface area (TPSA) is 61.8 Å². The zero-order valence-corrected chi connectivity index (χ0v) is 21.3. The molecule has 4 rings (SSSR count). The van der Waals surface area contributed by atoms with Gasteiger partial charge >= 0.3 is 6.03 Å². The molecular formula is C29H32F2N2O3. The van der Waals surface area contributed by atoms with E-state index in [0.29, 0.717) is 35.7 Å². The molecule has 0 unspecified atom stereocenters. The van der Waals surface area contributed by atoms with Crippen molar-refractivity contribution in [3.63, 3.8) is 0 Å². The van der Waals surface area contributed by atoms with Gasteiger partial charge in [0.25, 0.3) is 0 Å². The molecule has 0 radical (unpaired) electrons. The number of nitrogens with zero attached hydrogens (tertiary/aromatic N) is 1. The molecule has 0 bridgehead atoms. The fourth-order valence-corrected chi connectivity index (χ4v) is 4.26. The average molecular weight is 495 g/mol. The molecule has 0 spiro atoms. The van der Waals surface area contributed by atoms with E-state index in [0.717, 1.165) is 11.1 Å². The lowest BCUT2D eigenvalue weighted by atomic mass is 9.87. The van der Waals surface area contributed by atoms with E-state index in [9.17, 15) is 18.7 Å². The van der Waals surface area contributed by atoms with E-state index in [1.165, 1.54) is 18.2 Å². The lowest BCUT2D eigenvalue weighted by Gasteiger charge is -2.33. The third-order valence-corrected chi connectivity index (χ3v) is 6.14. The first kappa shape index (κ1) is 25.6. The Morgan fingerprint density at radius 3 is 2.33 bits per heavy atom. The number of carbonyl (C=O) groups is 1. The number of rotatable bonds is 6. The van der Waals surface area contributed by atoms with E-state index in [1.807, 2.05) is 18.2 Å². The van der Waals surface area contributed by atoms with Gasteiger partial charge < -0.3 is 15.2 Å². The van der Waals surface area contributed by atoms with Gasteiger partial charge in [0.15, 0.2) is 0 Å². The van der Waals surface area contributed by atoms with Crippen molar-refractivity contribution in [2.45, 2.75) is 59.8 Å². The summed E-state index contributed by atoms with van der Waals surface area (Å²) in [5.41, 5.74) is 2.69. The fraction of sp³-hybridized carbons (Fsp3) is 0.345. The molecule has 1 heterocycles. The maximum Gasteiger partial charge on any atom is 0.326 e. The van der Waals surface area contributed by atoms with Gasteiger partial charge in [-0.15, -0.1) is 0 Å². The third kappa shape index (κ3) is 5.68. The summed E-state index contributed by atoms with van der Waals surface area (Å²) in [5.74, 6) is -0.935. The minimum atomic E-state index is -1.03. The van der Waals surface area contributed by atoms with Gasteiger partial charge in [-0.1, -0.05) is 45.0 Å². The van der Waals surface area contributed by atoms with Crippen LogP contribution in [0.1, 0.15) is 56.9 Å². The molecular weight excluding hydrogens is 462 g/mol. The Morgan fingerprint density at radius 1 is 1.00 bits per heavy atom. The summed E-state index contributed by atoms with van der Waals surface area (Å²) in [6, 6.07) is 14.3. The van der Waals surface area contributed by atoms with E-state index in [-0.39, 0.29) is 23.6 Å². The molecule has 0 fully saturated rings. The molecule has 3 aromatic rings. The van der Waals surface area contributed by atoms with Gasteiger partial charge in [-0.05, 0) is 66.6 Å². The minimum absolute atomic E-state index is 0.0425. The number of hydrogen-bond donors (Lipinski definition) is 2. The van der Waals surface area contributed by atoms with E-state index >= 15 is 0 Å². The summed E-state index contributed by atoms with van der Waals surface area (Å²) < 4.78 is 33.9. The number of urea groups is 1. The highest BCUT2D eigenvalue weighted by atomic mass is 19.1. The van der Waals surface area contributed by atoms with Crippen LogP contribution in [0.4, 0.5) is 25.0 Å². The summed E-state index contributed by atoms with van der Waals surface area (Å²) >= 11 is 0. The van der Waals surface area contributed by atoms with Crippen LogP contribution >= 0.6 is 0 Å². The summed E-state index contributed by atoms with van der Waals surface area (Å²) in [4.78, 5) is 14.9. The molecule has 1 aliphatic heterocycles. The first-order chi connectivity index (χ1) is 16.8. The number of halogens is 2. The van der Waals surface area contributed by atoms with Crippen LogP contribution in [-0.4, -0.2) is 11.1 Å². The Kier molecular flexibility index (Phi) is 6.80. The molecule has 3 aromatic carbocycles. The third-order valence-electron chi connectivity index (χ3n) is 6.14. The van der Waals surface area contributed by atoms with E-state index in [1.54, 1.807) is 36.9 Å². The van der Waals surface area contributed by atoms with Crippen molar-refractivity contribution < 1.29 is 23.4 Å². The fourth-order valence-electron chi connectivity index (χ4n) is 4.26. The van der Waals surface area contributed by atoms with Crippen molar-refractivity contribution in [3.8, 4) is 5.75 Å². The predicted molar refractivity (Wildman–Crippen MR) is 137 cm³/mol. The molecule has 0 saturated heterocycles. The number of carbonyl (C=O) groups excluding carboxylic acids is 1. The Hall–Kier alpha value is -3.45. The summed E-state index contributed by atoms with van der Waals surface area (Å²) in [7, 11) is 0. The number of amides is 2. The van der Waals surface area contributed by atoms with Crippen molar-refractivity contribution in [2.75, 3.05) is 10.2 Å². The smallest absolute Gasteiger partial charge is 0.326 e. The van der Waals surface area contributed by atoms with Crippen LogP contribution in [0.2, 0.25) is 0 Å². The highest BCUT2D eigenvalue weighted by Gasteiger charge is 2.29. The SMILES string of the molecule is CC(C)(C)Cc1ccc(OCc2c(F)cccc2F)cc1N1Cc2ccc(C(C)(C)O)cc2NC1=O. The van der Waals surface area contributed by atoms with Crippen LogP contribution in [0, 0.1) is 17.0 Å². The second-order valence-electron chi connectivity index (χ2n) is 11.0. The van der Waals surface area contributed by atoms with Gasteiger partial charge in [0, 0.05) is 11.8 Å². The van der Waals surface area contributed by atoms with Crippen LogP contribution in [0.5, 0.6) is 5.75 Å². The molecule has 0 saturated carbocycles. The van der Waals surface area contributed by atoms with Crippen molar-refractivity contribution >= 4 is 17.4 Å². The summed E-state index contributed by atoms with van der Waals surface area (Å²) in [5, 5.41) is 13.3. The number of benzene rings is 3. The average Bonchev–Trinajstić information content (AvgIpc) is 2.77. The number of ether oxygens (including phenoxy) is 1. The number of nitrogens with one attached hydrogen (secondary N) is 1. The molecule has 5 nitrogen and oxygen atoms in total. The van der Waals surface area contributed by atoms with E-state index in [2.05, 4.69) is 26.1 Å². The lowest BCUT2D eigenvalue weighted by Crippen LogP contribution is -2.39. The number of hydrogen-bond acceptors (Lipinski definition) is 3. The molecule has 2 amide bonds. The molecule has 0 atom stereocenters. The van der Waals surface area contributed by atoms with Crippen molar-refractivity contribution in [1.29, 1.82) is 0 Å². The van der Waals surface area contributed by atoms with Crippen LogP contribution in [0.25, 0.3) is 0 Å². The highest BCUT2D eigenvalue weighted by Crippen LogP contribution is 2.36. The number of fused-ring (bicyclic) bond motifs is 1.